The molecule has 0 aliphatic carbocycles. The number of nitrogens with one attached hydrogen (secondary N) is 1. The minimum Gasteiger partial charge on any atom is -0.457 e. The van der Waals surface area contributed by atoms with Crippen molar-refractivity contribution in [3.05, 3.63) is 53.5 Å². The van der Waals surface area contributed by atoms with Gasteiger partial charge in [-0.05, 0) is 54.7 Å². The lowest BCUT2D eigenvalue weighted by molar-refractivity contribution is -0.128. The quantitative estimate of drug-likeness (QED) is 0.522. The Labute approximate surface area is 136 Å². The molecule has 1 saturated heterocycles. The van der Waals surface area contributed by atoms with Crippen LogP contribution in [0.15, 0.2) is 46.4 Å². The van der Waals surface area contributed by atoms with Crippen molar-refractivity contribution in [2.45, 2.75) is 0 Å². The summed E-state index contributed by atoms with van der Waals surface area (Å²) >= 11 is 4.87. The van der Waals surface area contributed by atoms with Crippen LogP contribution in [-0.2, 0) is 9.59 Å². The van der Waals surface area contributed by atoms with E-state index in [1.807, 2.05) is 0 Å². The number of carbonyl (C=O) groups excluding carboxylic acids is 2. The third-order valence-electron chi connectivity index (χ3n) is 3.35. The van der Waals surface area contributed by atoms with Crippen molar-refractivity contribution in [3.8, 4) is 11.3 Å². The van der Waals surface area contributed by atoms with Crippen LogP contribution in [0.5, 0.6) is 0 Å². The third kappa shape index (κ3) is 2.91. The second-order valence-corrected chi connectivity index (χ2v) is 5.28. The van der Waals surface area contributed by atoms with Gasteiger partial charge in [-0.1, -0.05) is 0 Å². The second kappa shape index (κ2) is 5.77. The number of likely N-dealkylation sites (N-methyl/N-ethyl adjacent to an activating group) is 1. The first-order valence-electron chi connectivity index (χ1n) is 6.66. The first-order chi connectivity index (χ1) is 11.0. The Hall–Kier alpha value is -2.80. The van der Waals surface area contributed by atoms with Crippen molar-refractivity contribution >= 4 is 35.2 Å². The molecule has 1 fully saturated rings. The molecule has 5 nitrogen and oxygen atoms in total. The van der Waals surface area contributed by atoms with Gasteiger partial charge in [0.25, 0.3) is 11.8 Å². The van der Waals surface area contributed by atoms with E-state index in [0.717, 1.165) is 0 Å². The van der Waals surface area contributed by atoms with Crippen molar-refractivity contribution in [1.82, 2.24) is 10.2 Å². The summed E-state index contributed by atoms with van der Waals surface area (Å²) in [5.74, 6) is -0.573. The van der Waals surface area contributed by atoms with Crippen LogP contribution in [0.4, 0.5) is 4.39 Å². The Morgan fingerprint density at radius 3 is 2.57 bits per heavy atom. The maximum atomic E-state index is 12.9. The molecule has 0 atom stereocenters. The highest BCUT2D eigenvalue weighted by Crippen LogP contribution is 2.24. The number of thiocarbonyl (C=S) groups is 1. The van der Waals surface area contributed by atoms with E-state index >= 15 is 0 Å². The highest BCUT2D eigenvalue weighted by molar-refractivity contribution is 7.80. The van der Waals surface area contributed by atoms with Crippen LogP contribution in [0, 0.1) is 5.82 Å². The van der Waals surface area contributed by atoms with E-state index in [-0.39, 0.29) is 16.5 Å². The molecule has 2 amide bonds. The minimum absolute atomic E-state index is 0.0589. The summed E-state index contributed by atoms with van der Waals surface area (Å²) in [7, 11) is 1.48. The first kappa shape index (κ1) is 15.1. The van der Waals surface area contributed by atoms with Gasteiger partial charge in [0.1, 0.15) is 22.9 Å². The van der Waals surface area contributed by atoms with E-state index in [2.05, 4.69) is 5.32 Å². The van der Waals surface area contributed by atoms with Gasteiger partial charge < -0.3 is 4.42 Å². The molecule has 3 rings (SSSR count). The van der Waals surface area contributed by atoms with E-state index in [9.17, 15) is 14.0 Å². The molecule has 0 bridgehead atoms. The monoisotopic (exact) mass is 330 g/mol. The summed E-state index contributed by atoms with van der Waals surface area (Å²) in [6.07, 6.45) is 1.35. The number of hydrogen-bond acceptors (Lipinski definition) is 4. The SMILES string of the molecule is CN1C(=O)C(=Cc2ccc(-c3ccc(F)cc3)o2)C(=O)NC1=S. The molecule has 0 radical (unpaired) electrons. The smallest absolute Gasteiger partial charge is 0.265 e. The summed E-state index contributed by atoms with van der Waals surface area (Å²) in [4.78, 5) is 25.1. The third-order valence-corrected chi connectivity index (χ3v) is 3.72. The maximum absolute atomic E-state index is 12.9. The van der Waals surface area contributed by atoms with Crippen molar-refractivity contribution in [1.29, 1.82) is 0 Å². The van der Waals surface area contributed by atoms with E-state index in [1.165, 1.54) is 30.2 Å². The van der Waals surface area contributed by atoms with Crippen molar-refractivity contribution in [2.75, 3.05) is 7.05 Å². The number of nitrogens with zero attached hydrogens (tertiary/aromatic N) is 1. The van der Waals surface area contributed by atoms with Crippen LogP contribution in [-0.4, -0.2) is 28.9 Å². The minimum atomic E-state index is -0.571. The molecule has 0 saturated carbocycles. The number of amides is 2. The van der Waals surface area contributed by atoms with Crippen LogP contribution in [0.2, 0.25) is 0 Å². The molecule has 23 heavy (non-hydrogen) atoms. The Balaban J connectivity index is 1.91. The molecular formula is C16H11FN2O3S. The fourth-order valence-electron chi connectivity index (χ4n) is 2.09. The van der Waals surface area contributed by atoms with Crippen LogP contribution >= 0.6 is 12.2 Å². The van der Waals surface area contributed by atoms with E-state index in [1.54, 1.807) is 24.3 Å². The molecule has 1 aromatic heterocycles. The zero-order valence-corrected chi connectivity index (χ0v) is 12.8. The molecular weight excluding hydrogens is 319 g/mol. The lowest BCUT2D eigenvalue weighted by Gasteiger charge is -2.24. The van der Waals surface area contributed by atoms with Gasteiger partial charge in [0.05, 0.1) is 0 Å². The van der Waals surface area contributed by atoms with Crippen LogP contribution in [0.25, 0.3) is 17.4 Å². The number of halogens is 1. The molecule has 0 unspecified atom stereocenters. The summed E-state index contributed by atoms with van der Waals surface area (Å²) in [6, 6.07) is 9.11. The van der Waals surface area contributed by atoms with Gasteiger partial charge in [0.2, 0.25) is 0 Å². The number of benzene rings is 1. The summed E-state index contributed by atoms with van der Waals surface area (Å²) in [5, 5.41) is 2.48. The van der Waals surface area contributed by atoms with E-state index in [0.29, 0.717) is 17.1 Å². The Morgan fingerprint density at radius 2 is 1.87 bits per heavy atom. The highest BCUT2D eigenvalue weighted by atomic mass is 32.1. The van der Waals surface area contributed by atoms with Gasteiger partial charge in [0.15, 0.2) is 5.11 Å². The predicted octanol–water partition coefficient (Wildman–Crippen LogP) is 2.34. The van der Waals surface area contributed by atoms with Gasteiger partial charge in [-0.15, -0.1) is 0 Å². The van der Waals surface area contributed by atoms with Crippen LogP contribution < -0.4 is 5.32 Å². The van der Waals surface area contributed by atoms with Crippen LogP contribution in [0.3, 0.4) is 0 Å². The molecule has 1 aliphatic heterocycles. The fourth-order valence-corrected chi connectivity index (χ4v) is 2.26. The summed E-state index contributed by atoms with van der Waals surface area (Å²) in [5.41, 5.74) is 0.620. The predicted molar refractivity (Wildman–Crippen MR) is 85.6 cm³/mol. The highest BCUT2D eigenvalue weighted by Gasteiger charge is 2.31. The maximum Gasteiger partial charge on any atom is 0.265 e. The van der Waals surface area contributed by atoms with Crippen molar-refractivity contribution in [2.24, 2.45) is 0 Å². The largest absolute Gasteiger partial charge is 0.457 e. The first-order valence-corrected chi connectivity index (χ1v) is 7.07. The number of hydrogen-bond donors (Lipinski definition) is 1. The fraction of sp³-hybridized carbons (Fsp3) is 0.0625. The van der Waals surface area contributed by atoms with Gasteiger partial charge in [-0.2, -0.15) is 0 Å². The van der Waals surface area contributed by atoms with Gasteiger partial charge in [0, 0.05) is 12.6 Å². The zero-order chi connectivity index (χ0) is 16.6. The summed E-state index contributed by atoms with van der Waals surface area (Å²) in [6.45, 7) is 0. The van der Waals surface area contributed by atoms with Crippen LogP contribution in [0.1, 0.15) is 5.76 Å². The topological polar surface area (TPSA) is 62.6 Å². The molecule has 2 aromatic rings. The Bertz CT molecular complexity index is 839. The second-order valence-electron chi connectivity index (χ2n) is 4.89. The van der Waals surface area contributed by atoms with E-state index in [4.69, 9.17) is 16.6 Å². The molecule has 0 spiro atoms. The molecule has 7 heteroatoms. The number of furan rings is 1. The molecule has 1 N–H and O–H groups in total. The Morgan fingerprint density at radius 1 is 1.17 bits per heavy atom. The van der Waals surface area contributed by atoms with Gasteiger partial charge in [-0.3, -0.25) is 19.8 Å². The number of rotatable bonds is 2. The standard InChI is InChI=1S/C16H11FN2O3S/c1-19-15(21)12(14(20)18-16(19)23)8-11-6-7-13(22-11)9-2-4-10(17)5-3-9/h2-8H,1H3,(H,18,20,23). The normalized spacial score (nSPS) is 16.9. The molecule has 116 valence electrons. The van der Waals surface area contributed by atoms with Crippen molar-refractivity contribution in [3.63, 3.8) is 0 Å². The molecule has 1 aromatic carbocycles. The van der Waals surface area contributed by atoms with E-state index < -0.39 is 11.8 Å². The molecule has 1 aliphatic rings. The lowest BCUT2D eigenvalue weighted by atomic mass is 10.1. The average molecular weight is 330 g/mol. The molecule has 2 heterocycles. The Kier molecular flexibility index (Phi) is 3.79. The average Bonchev–Trinajstić information content (AvgIpc) is 2.99. The summed E-state index contributed by atoms with van der Waals surface area (Å²) < 4.78 is 18.5. The lowest BCUT2D eigenvalue weighted by Crippen LogP contribution is -2.52. The van der Waals surface area contributed by atoms with Gasteiger partial charge in [-0.25, -0.2) is 4.39 Å². The van der Waals surface area contributed by atoms with Gasteiger partial charge >= 0.3 is 0 Å². The zero-order valence-electron chi connectivity index (χ0n) is 12.0. The van der Waals surface area contributed by atoms with Crippen molar-refractivity contribution < 1.29 is 18.4 Å². The number of carbonyl (C=O) groups is 2.